The minimum atomic E-state index is -2.03. The second kappa shape index (κ2) is 17.8. The summed E-state index contributed by atoms with van der Waals surface area (Å²) < 4.78 is 33.9. The van der Waals surface area contributed by atoms with E-state index >= 15 is 0 Å². The first-order valence-corrected chi connectivity index (χ1v) is 3.97. The summed E-state index contributed by atoms with van der Waals surface area (Å²) in [6, 6.07) is 0. The summed E-state index contributed by atoms with van der Waals surface area (Å²) in [6.07, 6.45) is 0. The van der Waals surface area contributed by atoms with Crippen molar-refractivity contribution in [2.75, 3.05) is 0 Å². The molecule has 0 aromatic heterocycles. The van der Waals surface area contributed by atoms with Crippen molar-refractivity contribution in [1.29, 1.82) is 0 Å². The van der Waals surface area contributed by atoms with Gasteiger partial charge in [-0.2, -0.15) is 0 Å². The average Bonchev–Trinajstić information content (AvgIpc) is 1.39. The van der Waals surface area contributed by atoms with E-state index in [4.69, 9.17) is 13.9 Å². The maximum absolute atomic E-state index is 8.50. The first-order valence-electron chi connectivity index (χ1n) is 0.667. The van der Waals surface area contributed by atoms with Gasteiger partial charge in [0.2, 0.25) is 0 Å². The third-order valence-electron chi connectivity index (χ3n) is 0. The molecule has 6 heteroatoms. The molecular formula is O4SeTe. The van der Waals surface area contributed by atoms with E-state index in [9.17, 15) is 0 Å². The Morgan fingerprint density at radius 3 is 1.17 bits per heavy atom. The van der Waals surface area contributed by atoms with Crippen molar-refractivity contribution in [2.45, 2.75) is 0 Å². The molecule has 0 saturated carbocycles. The Hall–Kier alpha value is 0.509. The van der Waals surface area contributed by atoms with Crippen molar-refractivity contribution < 1.29 is 13.9 Å². The molecule has 0 aliphatic rings. The second-order valence-corrected chi connectivity index (χ2v) is 0.810. The van der Waals surface area contributed by atoms with E-state index in [2.05, 4.69) is 0 Å². The van der Waals surface area contributed by atoms with Gasteiger partial charge in [0.05, 0.1) is 0 Å². The number of rotatable bonds is 0. The van der Waals surface area contributed by atoms with Crippen molar-refractivity contribution in [2.24, 2.45) is 0 Å². The van der Waals surface area contributed by atoms with Crippen molar-refractivity contribution in [3.05, 3.63) is 0 Å². The molecule has 0 aliphatic heterocycles. The summed E-state index contributed by atoms with van der Waals surface area (Å²) in [5, 5.41) is 0. The van der Waals surface area contributed by atoms with Crippen LogP contribution in [0.3, 0.4) is 0 Å². The Balaban J connectivity index is 0. The molecule has 0 atom stereocenters. The van der Waals surface area contributed by atoms with Gasteiger partial charge < -0.3 is 0 Å². The van der Waals surface area contributed by atoms with E-state index in [1.54, 1.807) is 0 Å². The van der Waals surface area contributed by atoms with Crippen LogP contribution in [0.4, 0.5) is 0 Å². The number of hydrogen-bond donors (Lipinski definition) is 0. The SMILES string of the molecule is O=[Se]=O.O=[Te]=O. The predicted molar refractivity (Wildman–Crippen MR) is 14.3 cm³/mol. The number of hydrogen-bond acceptors (Lipinski definition) is 4. The third-order valence-corrected chi connectivity index (χ3v) is 0. The normalized spacial score (nSPS) is 4.00. The third kappa shape index (κ3) is 214. The van der Waals surface area contributed by atoms with Gasteiger partial charge >= 0.3 is 49.6 Å². The molecule has 36 valence electrons. The van der Waals surface area contributed by atoms with Gasteiger partial charge in [-0.15, -0.1) is 0 Å². The molecule has 0 heterocycles. The van der Waals surface area contributed by atoms with Crippen LogP contribution in [0.1, 0.15) is 0 Å². The van der Waals surface area contributed by atoms with Gasteiger partial charge in [0, 0.05) is 0 Å². The summed E-state index contributed by atoms with van der Waals surface area (Å²) in [5.74, 6) is 0. The van der Waals surface area contributed by atoms with Gasteiger partial charge in [-0.1, -0.05) is 0 Å². The molecule has 0 N–H and O–H groups in total. The molecule has 0 unspecified atom stereocenters. The van der Waals surface area contributed by atoms with Gasteiger partial charge in [0.15, 0.2) is 0 Å². The quantitative estimate of drug-likeness (QED) is 0.517. The Morgan fingerprint density at radius 2 is 1.17 bits per heavy atom. The van der Waals surface area contributed by atoms with E-state index in [1.807, 2.05) is 0 Å². The second-order valence-electron chi connectivity index (χ2n) is 0.136. The standard InChI is InChI=1S/O2Se.O2Te/c2*1-3-2. The Bertz CT molecular complexity index is 61.5. The van der Waals surface area contributed by atoms with Crippen molar-refractivity contribution >= 4 is 35.7 Å². The zero-order valence-electron chi connectivity index (χ0n) is 2.45. The Labute approximate surface area is 49.7 Å². The zero-order chi connectivity index (χ0) is 5.41. The Kier molecular flexibility index (Phi) is 28.8. The van der Waals surface area contributed by atoms with Crippen LogP contribution in [0.2, 0.25) is 0 Å². The van der Waals surface area contributed by atoms with E-state index in [0.717, 1.165) is 0 Å². The fourth-order valence-electron chi connectivity index (χ4n) is 0. The van der Waals surface area contributed by atoms with Crippen LogP contribution in [0.15, 0.2) is 0 Å². The first-order chi connectivity index (χ1) is 2.83. The molecular weight excluding hydrogens is 271 g/mol. The zero-order valence-corrected chi connectivity index (χ0v) is 6.49. The van der Waals surface area contributed by atoms with Crippen LogP contribution in [0, 0.1) is 0 Å². The van der Waals surface area contributed by atoms with Crippen LogP contribution in [0.5, 0.6) is 0 Å². The van der Waals surface area contributed by atoms with E-state index in [0.29, 0.717) is 0 Å². The molecule has 0 aliphatic carbocycles. The van der Waals surface area contributed by atoms with Gasteiger partial charge in [0.25, 0.3) is 0 Å². The molecule has 0 radical (unpaired) electrons. The summed E-state index contributed by atoms with van der Waals surface area (Å²) in [7, 11) is 0. The molecule has 0 rings (SSSR count). The summed E-state index contributed by atoms with van der Waals surface area (Å²) >= 11 is -3.66. The van der Waals surface area contributed by atoms with Gasteiger partial charge in [-0.3, -0.25) is 0 Å². The molecule has 0 fully saturated rings. The molecule has 0 aromatic rings. The summed E-state index contributed by atoms with van der Waals surface area (Å²) in [4.78, 5) is 0. The van der Waals surface area contributed by atoms with Gasteiger partial charge in [0.1, 0.15) is 0 Å². The maximum atomic E-state index is 8.50. The van der Waals surface area contributed by atoms with Crippen LogP contribution >= 0.6 is 0 Å². The van der Waals surface area contributed by atoms with Crippen LogP contribution in [-0.4, -0.2) is 35.7 Å². The monoisotopic (exact) mass is 274 g/mol. The molecule has 0 saturated heterocycles. The average molecular weight is 271 g/mol. The molecule has 4 nitrogen and oxygen atoms in total. The molecule has 0 spiro atoms. The topological polar surface area (TPSA) is 68.3 Å². The molecule has 0 bridgehead atoms. The van der Waals surface area contributed by atoms with Crippen molar-refractivity contribution in [3.63, 3.8) is 0 Å². The predicted octanol–water partition coefficient (Wildman–Crippen LogP) is -1.24. The Morgan fingerprint density at radius 1 is 1.17 bits per heavy atom. The first kappa shape index (κ1) is 9.72. The van der Waals surface area contributed by atoms with Gasteiger partial charge in [-0.25, -0.2) is 0 Å². The van der Waals surface area contributed by atoms with E-state index in [1.165, 1.54) is 0 Å². The summed E-state index contributed by atoms with van der Waals surface area (Å²) in [6.45, 7) is 0. The molecule has 0 aromatic carbocycles. The minimum absolute atomic E-state index is 1.62. The molecule has 6 heavy (non-hydrogen) atoms. The van der Waals surface area contributed by atoms with E-state index in [-0.39, 0.29) is 0 Å². The van der Waals surface area contributed by atoms with E-state index < -0.39 is 35.7 Å². The van der Waals surface area contributed by atoms with Crippen LogP contribution in [-0.2, 0) is 13.9 Å². The summed E-state index contributed by atoms with van der Waals surface area (Å²) in [5.41, 5.74) is 0. The van der Waals surface area contributed by atoms with Crippen LogP contribution in [0.25, 0.3) is 0 Å². The van der Waals surface area contributed by atoms with Crippen molar-refractivity contribution in [1.82, 2.24) is 0 Å². The fraction of sp³-hybridized carbons (Fsp3) is 0. The van der Waals surface area contributed by atoms with Gasteiger partial charge in [-0.05, 0) is 0 Å². The molecule has 0 amide bonds. The van der Waals surface area contributed by atoms with Crippen molar-refractivity contribution in [3.8, 4) is 0 Å². The van der Waals surface area contributed by atoms with Crippen LogP contribution < -0.4 is 0 Å². The fourth-order valence-corrected chi connectivity index (χ4v) is 0.